The molecule has 0 atom stereocenters. The molecule has 0 rings (SSSR count). The maximum atomic E-state index is 8.70. The zero-order valence-corrected chi connectivity index (χ0v) is 4.64. The average molecular weight is 153 g/mol. The van der Waals surface area contributed by atoms with E-state index in [2.05, 4.69) is 0 Å². The third-order valence-corrected chi connectivity index (χ3v) is 0. The molecule has 8 heteroatoms. The highest BCUT2D eigenvalue weighted by molar-refractivity contribution is 7.30. The van der Waals surface area contributed by atoms with Gasteiger partial charge in [-0.2, -0.15) is 0 Å². The molecule has 8 heavy (non-hydrogen) atoms. The first kappa shape index (κ1) is 45.2. The largest absolute Gasteiger partial charge is 0.692 e. The molecule has 0 spiro atoms. The molecule has 0 saturated carbocycles. The second-order valence-electron chi connectivity index (χ2n) is 0.253. The second kappa shape index (κ2) is 28.8. The third kappa shape index (κ3) is 7060. The van der Waals surface area contributed by atoms with Crippen LogP contribution in [-0.4, -0.2) is 31.7 Å². The highest BCUT2D eigenvalue weighted by atomic mass is 31.1. The van der Waals surface area contributed by atoms with E-state index in [0.29, 0.717) is 0 Å². The smallest absolute Gasteiger partial charge is 0.412 e. The molecule has 10 N–H and O–H groups in total. The van der Waals surface area contributed by atoms with Crippen LogP contribution in [0.2, 0.25) is 0 Å². The minimum Gasteiger partial charge on any atom is -0.412 e. The Bertz CT molecular complexity index is 27.4. The van der Waals surface area contributed by atoms with Crippen LogP contribution in [0.15, 0.2) is 0 Å². The summed E-state index contributed by atoms with van der Waals surface area (Å²) in [6.07, 6.45) is 0. The van der Waals surface area contributed by atoms with Crippen LogP contribution in [0.25, 0.3) is 0 Å². The van der Waals surface area contributed by atoms with E-state index >= 15 is 0 Å². The summed E-state index contributed by atoms with van der Waals surface area (Å²) in [5.74, 6) is 0. The van der Waals surface area contributed by atoms with E-state index in [9.17, 15) is 0 Å². The summed E-state index contributed by atoms with van der Waals surface area (Å²) in [6, 6.07) is 0. The van der Waals surface area contributed by atoms with Gasteiger partial charge in [0.2, 0.25) is 0 Å². The lowest BCUT2D eigenvalue weighted by Crippen LogP contribution is -1.38. The Kier molecular flexibility index (Phi) is 163. The van der Waals surface area contributed by atoms with E-state index in [1.165, 1.54) is 0 Å². The van der Waals surface area contributed by atoms with E-state index in [1.54, 1.807) is 0 Å². The fourth-order valence-electron chi connectivity index (χ4n) is 0. The van der Waals surface area contributed by atoms with Gasteiger partial charge in [-0.05, 0) is 0 Å². The average Bonchev–Trinajstić information content (AvgIpc) is 0.811. The van der Waals surface area contributed by atoms with Crippen LogP contribution in [0.3, 0.4) is 0 Å². The van der Waals surface area contributed by atoms with Gasteiger partial charge >= 0.3 is 8.25 Å². The molecule has 56 valence electrons. The summed E-state index contributed by atoms with van der Waals surface area (Å²) in [7, 11) is -2.87. The molecule has 0 bridgehead atoms. The lowest BCUT2D eigenvalue weighted by Gasteiger charge is -1.34. The van der Waals surface area contributed by atoms with E-state index < -0.39 is 8.25 Å². The van der Waals surface area contributed by atoms with Crippen molar-refractivity contribution in [1.29, 1.82) is 0 Å². The van der Waals surface area contributed by atoms with Gasteiger partial charge in [-0.15, -0.1) is 9.79 Å². The van der Waals surface area contributed by atoms with Crippen molar-refractivity contribution in [2.45, 2.75) is 0 Å². The van der Waals surface area contributed by atoms with Gasteiger partial charge in [0, 0.05) is 4.57 Å². The minimum absolute atomic E-state index is 0. The van der Waals surface area contributed by atoms with Gasteiger partial charge in [0.15, 0.2) is 0 Å². The van der Waals surface area contributed by atoms with E-state index in [-0.39, 0.29) is 21.9 Å². The van der Waals surface area contributed by atoms with Crippen molar-refractivity contribution in [3.05, 3.63) is 0 Å². The predicted octanol–water partition coefficient (Wildman–Crippen LogP) is -3.67. The quantitative estimate of drug-likeness (QED) is 0.340. The Hall–Kier alpha value is -0.140. The van der Waals surface area contributed by atoms with Crippen LogP contribution in [0.1, 0.15) is 0 Å². The van der Waals surface area contributed by atoms with Gasteiger partial charge in [0.05, 0.1) is 0 Å². The van der Waals surface area contributed by atoms with Crippen molar-refractivity contribution < 1.29 is 36.3 Å². The fraction of sp³-hybridized carbons (Fsp3) is 0. The summed E-state index contributed by atoms with van der Waals surface area (Å²) in [6.45, 7) is 0. The molecule has 0 heterocycles. The molecule has 0 aromatic rings. The molecule has 0 radical (unpaired) electrons. The van der Waals surface area contributed by atoms with Gasteiger partial charge in [-0.1, -0.05) is 0 Å². The zero-order valence-electron chi connectivity index (χ0n) is 3.75. The van der Waals surface area contributed by atoms with Crippen LogP contribution in [-0.2, 0) is 4.57 Å². The van der Waals surface area contributed by atoms with Crippen LogP contribution in [0.5, 0.6) is 0 Å². The maximum Gasteiger partial charge on any atom is 0.692 e. The van der Waals surface area contributed by atoms with Gasteiger partial charge in [-0.25, -0.2) is 0 Å². The lowest BCUT2D eigenvalue weighted by atomic mass is 15.8. The summed E-state index contributed by atoms with van der Waals surface area (Å²) in [5.41, 5.74) is 0. The Morgan fingerprint density at radius 1 is 0.875 bits per heavy atom. The van der Waals surface area contributed by atoms with Crippen LogP contribution in [0.4, 0.5) is 0 Å². The predicted molar refractivity (Wildman–Crippen MR) is 26.5 cm³/mol. The van der Waals surface area contributed by atoms with E-state index in [0.717, 1.165) is 0 Å². The summed E-state index contributed by atoms with van der Waals surface area (Å²) in [4.78, 5) is 14.2. The molecular weight excluding hydrogens is 143 g/mol. The number of hydrogen-bond acceptors (Lipinski definition) is 1. The van der Waals surface area contributed by atoms with Crippen molar-refractivity contribution in [2.24, 2.45) is 0 Å². The molecule has 0 aromatic heterocycles. The van der Waals surface area contributed by atoms with Crippen molar-refractivity contribution in [2.75, 3.05) is 0 Å². The first-order valence-electron chi connectivity index (χ1n) is 0.583. The maximum absolute atomic E-state index is 8.70. The number of rotatable bonds is 0. The molecule has 0 saturated heterocycles. The molecule has 0 aromatic carbocycles. The normalized spacial score (nSPS) is 3.25. The molecule has 0 fully saturated rings. The third-order valence-electron chi connectivity index (χ3n) is 0. The molecule has 0 aliphatic carbocycles. The van der Waals surface area contributed by atoms with Gasteiger partial charge in [-0.3, -0.25) is 0 Å². The van der Waals surface area contributed by atoms with E-state index in [1.807, 2.05) is 0 Å². The van der Waals surface area contributed by atoms with Gasteiger partial charge < -0.3 is 21.9 Å². The minimum atomic E-state index is -2.87. The molecule has 0 amide bonds. The summed E-state index contributed by atoms with van der Waals surface area (Å²) < 4.78 is 8.70. The molecular formula is H10O7P+. The Morgan fingerprint density at radius 2 is 0.875 bits per heavy atom. The molecule has 0 aliphatic heterocycles. The zero-order chi connectivity index (χ0) is 3.58. The van der Waals surface area contributed by atoms with Crippen molar-refractivity contribution >= 4 is 8.25 Å². The number of hydrogen-bond donors (Lipinski definition) is 2. The second-order valence-corrected chi connectivity index (χ2v) is 0.758. The molecule has 0 unspecified atom stereocenters. The SMILES string of the molecule is O.O.O.O.O=[P+](O)O. The Balaban J connectivity index is -0.00000000750. The standard InChI is InChI=1S/HO3P.4H2O/c1-4(2)3;;;;/h(H-,1,2,3);4*1H2/p+1. The monoisotopic (exact) mass is 153 g/mol. The van der Waals surface area contributed by atoms with Crippen LogP contribution in [0, 0.1) is 0 Å². The topological polar surface area (TPSA) is 184 Å². The van der Waals surface area contributed by atoms with Gasteiger partial charge in [0.1, 0.15) is 0 Å². The first-order chi connectivity index (χ1) is 1.73. The summed E-state index contributed by atoms with van der Waals surface area (Å²) in [5, 5.41) is 0. The molecule has 0 aliphatic rings. The van der Waals surface area contributed by atoms with Gasteiger partial charge in [0.25, 0.3) is 0 Å². The lowest BCUT2D eigenvalue weighted by molar-refractivity contribution is 0.405. The van der Waals surface area contributed by atoms with Crippen molar-refractivity contribution in [3.63, 3.8) is 0 Å². The highest BCUT2D eigenvalue weighted by Crippen LogP contribution is 1.98. The van der Waals surface area contributed by atoms with Crippen LogP contribution >= 0.6 is 8.25 Å². The fourth-order valence-corrected chi connectivity index (χ4v) is 0. The summed E-state index contributed by atoms with van der Waals surface area (Å²) >= 11 is 0. The first-order valence-corrected chi connectivity index (χ1v) is 1.75. The van der Waals surface area contributed by atoms with E-state index in [4.69, 9.17) is 14.4 Å². The van der Waals surface area contributed by atoms with Crippen LogP contribution < -0.4 is 0 Å². The Labute approximate surface area is 45.8 Å². The van der Waals surface area contributed by atoms with Crippen molar-refractivity contribution in [3.8, 4) is 0 Å². The molecule has 7 nitrogen and oxygen atoms in total. The Morgan fingerprint density at radius 3 is 0.875 bits per heavy atom. The highest BCUT2D eigenvalue weighted by Gasteiger charge is 1.93. The van der Waals surface area contributed by atoms with Crippen molar-refractivity contribution in [1.82, 2.24) is 0 Å².